The molecular formula is C21H20ClN3OS. The Balaban J connectivity index is 1.54. The Kier molecular flexibility index (Phi) is 4.98. The number of nitrogens with one attached hydrogen (secondary N) is 1. The van der Waals surface area contributed by atoms with E-state index in [1.54, 1.807) is 17.8 Å². The van der Waals surface area contributed by atoms with Crippen LogP contribution in [0.1, 0.15) is 40.5 Å². The third-order valence-electron chi connectivity index (χ3n) is 4.64. The van der Waals surface area contributed by atoms with Crippen LogP contribution in [0.2, 0.25) is 5.02 Å². The number of hydrogen-bond acceptors (Lipinski definition) is 3. The van der Waals surface area contributed by atoms with Crippen molar-refractivity contribution in [2.45, 2.75) is 30.6 Å². The lowest BCUT2D eigenvalue weighted by Crippen LogP contribution is -2.12. The number of thioether (sulfide) groups is 1. The molecule has 1 heterocycles. The molecule has 0 atom stereocenters. The fraction of sp³-hybridized carbons (Fsp3) is 0.238. The summed E-state index contributed by atoms with van der Waals surface area (Å²) in [4.78, 5) is 13.6. The Hall–Kier alpha value is -2.24. The zero-order valence-corrected chi connectivity index (χ0v) is 16.8. The minimum atomic E-state index is -0.211. The van der Waals surface area contributed by atoms with E-state index in [4.69, 9.17) is 11.6 Å². The number of amides is 1. The molecule has 0 saturated heterocycles. The smallest absolute Gasteiger partial charge is 0.257 e. The number of anilines is 1. The first-order valence-electron chi connectivity index (χ1n) is 8.87. The van der Waals surface area contributed by atoms with Crippen LogP contribution in [0.4, 0.5) is 5.69 Å². The molecule has 1 aliphatic carbocycles. The number of carbonyl (C=O) groups excluding carboxylic acids is 1. The maximum atomic E-state index is 12.6. The Bertz CT molecular complexity index is 993. The van der Waals surface area contributed by atoms with Gasteiger partial charge in [0, 0.05) is 22.2 Å². The predicted octanol–water partition coefficient (Wildman–Crippen LogP) is 5.69. The maximum Gasteiger partial charge on any atom is 0.257 e. The lowest BCUT2D eigenvalue weighted by atomic mass is 10.2. The summed E-state index contributed by atoms with van der Waals surface area (Å²) < 4.78 is 2.01. The molecule has 1 aliphatic rings. The predicted molar refractivity (Wildman–Crippen MR) is 111 cm³/mol. The maximum absolute atomic E-state index is 12.6. The largest absolute Gasteiger partial charge is 0.322 e. The van der Waals surface area contributed by atoms with E-state index in [0.717, 1.165) is 22.0 Å². The first kappa shape index (κ1) is 18.1. The molecule has 0 bridgehead atoms. The van der Waals surface area contributed by atoms with Crippen molar-refractivity contribution in [1.82, 2.24) is 9.78 Å². The van der Waals surface area contributed by atoms with Crippen molar-refractivity contribution in [3.8, 4) is 5.69 Å². The van der Waals surface area contributed by atoms with Crippen LogP contribution in [-0.4, -0.2) is 21.9 Å². The van der Waals surface area contributed by atoms with Crippen molar-refractivity contribution < 1.29 is 4.79 Å². The van der Waals surface area contributed by atoms with Gasteiger partial charge in [0.2, 0.25) is 0 Å². The Labute approximate surface area is 167 Å². The Morgan fingerprint density at radius 2 is 1.93 bits per heavy atom. The summed E-state index contributed by atoms with van der Waals surface area (Å²) in [6.45, 7) is 2.02. The number of rotatable bonds is 5. The molecule has 0 unspecified atom stereocenters. The van der Waals surface area contributed by atoms with Gasteiger partial charge < -0.3 is 5.32 Å². The van der Waals surface area contributed by atoms with E-state index in [9.17, 15) is 4.79 Å². The number of nitrogens with zero attached hydrogens (tertiary/aromatic N) is 2. The van der Waals surface area contributed by atoms with Gasteiger partial charge in [-0.2, -0.15) is 5.10 Å². The minimum Gasteiger partial charge on any atom is -0.322 e. The molecule has 2 aromatic carbocycles. The van der Waals surface area contributed by atoms with E-state index < -0.39 is 0 Å². The topological polar surface area (TPSA) is 46.9 Å². The van der Waals surface area contributed by atoms with Gasteiger partial charge in [-0.25, -0.2) is 4.68 Å². The van der Waals surface area contributed by atoms with Gasteiger partial charge in [-0.05, 0) is 74.6 Å². The third-order valence-corrected chi connectivity index (χ3v) is 5.70. The van der Waals surface area contributed by atoms with Gasteiger partial charge in [0.25, 0.3) is 5.91 Å². The second kappa shape index (κ2) is 7.41. The monoisotopic (exact) mass is 397 g/mol. The Morgan fingerprint density at radius 3 is 2.59 bits per heavy atom. The van der Waals surface area contributed by atoms with Crippen LogP contribution < -0.4 is 5.32 Å². The molecule has 4 rings (SSSR count). The van der Waals surface area contributed by atoms with Crippen molar-refractivity contribution in [1.29, 1.82) is 0 Å². The van der Waals surface area contributed by atoms with Crippen LogP contribution in [0.3, 0.4) is 0 Å². The summed E-state index contributed by atoms with van der Waals surface area (Å²) in [6, 6.07) is 15.4. The summed E-state index contributed by atoms with van der Waals surface area (Å²) in [5, 5.41) is 7.99. The summed E-state index contributed by atoms with van der Waals surface area (Å²) in [6.07, 6.45) is 4.43. The average Bonchev–Trinajstić information content (AvgIpc) is 3.44. The summed E-state index contributed by atoms with van der Waals surface area (Å²) in [5.74, 6) is 0.411. The van der Waals surface area contributed by atoms with Gasteiger partial charge in [-0.15, -0.1) is 11.8 Å². The number of carbonyl (C=O) groups is 1. The zero-order valence-electron chi connectivity index (χ0n) is 15.2. The van der Waals surface area contributed by atoms with Crippen LogP contribution in [0.25, 0.3) is 5.69 Å². The zero-order chi connectivity index (χ0) is 19.0. The molecular weight excluding hydrogens is 378 g/mol. The first-order valence-corrected chi connectivity index (χ1v) is 10.5. The highest BCUT2D eigenvalue weighted by atomic mass is 35.5. The van der Waals surface area contributed by atoms with Crippen molar-refractivity contribution >= 4 is 35.0 Å². The Morgan fingerprint density at radius 1 is 1.19 bits per heavy atom. The molecule has 0 aliphatic heterocycles. The highest BCUT2D eigenvalue weighted by Gasteiger charge is 2.28. The van der Waals surface area contributed by atoms with Crippen molar-refractivity contribution in [2.75, 3.05) is 11.6 Å². The van der Waals surface area contributed by atoms with E-state index in [2.05, 4.69) is 16.5 Å². The number of aromatic nitrogens is 2. The van der Waals surface area contributed by atoms with Crippen molar-refractivity contribution in [3.05, 3.63) is 70.5 Å². The molecule has 3 aromatic rings. The third kappa shape index (κ3) is 3.89. The first-order chi connectivity index (χ1) is 13.0. The molecule has 27 heavy (non-hydrogen) atoms. The van der Waals surface area contributed by atoms with E-state index in [-0.39, 0.29) is 5.91 Å². The van der Waals surface area contributed by atoms with E-state index in [1.165, 1.54) is 18.5 Å². The lowest BCUT2D eigenvalue weighted by Gasteiger charge is -2.10. The minimum absolute atomic E-state index is 0.211. The molecule has 0 spiro atoms. The van der Waals surface area contributed by atoms with Crippen molar-refractivity contribution in [2.24, 2.45) is 0 Å². The molecule has 4 nitrogen and oxygen atoms in total. The fourth-order valence-electron chi connectivity index (χ4n) is 3.09. The van der Waals surface area contributed by atoms with Crippen LogP contribution >= 0.6 is 23.4 Å². The molecule has 1 amide bonds. The average molecular weight is 398 g/mol. The second-order valence-electron chi connectivity index (χ2n) is 6.74. The molecule has 1 fully saturated rings. The van der Waals surface area contributed by atoms with Gasteiger partial charge in [0.1, 0.15) is 0 Å². The fourth-order valence-corrected chi connectivity index (χ4v) is 3.73. The molecule has 6 heteroatoms. The summed E-state index contributed by atoms with van der Waals surface area (Å²) in [5.41, 5.74) is 4.51. The molecule has 1 N–H and O–H groups in total. The molecule has 1 saturated carbocycles. The van der Waals surface area contributed by atoms with E-state index in [1.807, 2.05) is 54.3 Å². The summed E-state index contributed by atoms with van der Waals surface area (Å²) >= 11 is 7.77. The number of halogens is 1. The van der Waals surface area contributed by atoms with Gasteiger partial charge in [-0.1, -0.05) is 11.6 Å². The highest BCUT2D eigenvalue weighted by molar-refractivity contribution is 7.98. The van der Waals surface area contributed by atoms with Gasteiger partial charge >= 0.3 is 0 Å². The molecule has 0 radical (unpaired) electrons. The van der Waals surface area contributed by atoms with Crippen LogP contribution in [0.5, 0.6) is 0 Å². The standard InChI is InChI=1S/C21H20ClN3OS/c1-13-11-20(14-3-4-14)25(24-13)16-7-5-15(6-8-16)23-21(26)18-12-17(27-2)9-10-19(18)22/h5-12,14H,3-4H2,1-2H3,(H,23,26). The SMILES string of the molecule is CSc1ccc(Cl)c(C(=O)Nc2ccc(-n3nc(C)cc3C3CC3)cc2)c1. The number of hydrogen-bond donors (Lipinski definition) is 1. The number of aryl methyl sites for hydroxylation is 1. The molecule has 1 aromatic heterocycles. The van der Waals surface area contributed by atoms with Crippen LogP contribution in [0, 0.1) is 6.92 Å². The second-order valence-corrected chi connectivity index (χ2v) is 8.03. The normalized spacial score (nSPS) is 13.6. The van der Waals surface area contributed by atoms with E-state index in [0.29, 0.717) is 16.5 Å². The number of benzene rings is 2. The van der Waals surface area contributed by atoms with Gasteiger partial charge in [-0.3, -0.25) is 4.79 Å². The van der Waals surface area contributed by atoms with Crippen LogP contribution in [0.15, 0.2) is 53.4 Å². The van der Waals surface area contributed by atoms with Gasteiger partial charge in [0.05, 0.1) is 22.0 Å². The van der Waals surface area contributed by atoms with E-state index >= 15 is 0 Å². The quantitative estimate of drug-likeness (QED) is 0.563. The highest BCUT2D eigenvalue weighted by Crippen LogP contribution is 2.41. The lowest BCUT2D eigenvalue weighted by molar-refractivity contribution is 0.102. The van der Waals surface area contributed by atoms with Gasteiger partial charge in [0.15, 0.2) is 0 Å². The molecule has 138 valence electrons. The summed E-state index contributed by atoms with van der Waals surface area (Å²) in [7, 11) is 0. The van der Waals surface area contributed by atoms with Crippen molar-refractivity contribution in [3.63, 3.8) is 0 Å². The van der Waals surface area contributed by atoms with Crippen LogP contribution in [-0.2, 0) is 0 Å².